The number of carbonyl (C=O) groups is 2. The predicted molar refractivity (Wildman–Crippen MR) is 108 cm³/mol. The van der Waals surface area contributed by atoms with E-state index in [9.17, 15) is 9.59 Å². The summed E-state index contributed by atoms with van der Waals surface area (Å²) in [5.74, 6) is -0.0856. The van der Waals surface area contributed by atoms with Gasteiger partial charge in [0.25, 0.3) is 0 Å². The number of aliphatic carboxylic acids is 1. The van der Waals surface area contributed by atoms with Crippen LogP contribution in [0.3, 0.4) is 0 Å². The van der Waals surface area contributed by atoms with Gasteiger partial charge in [-0.25, -0.2) is 0 Å². The summed E-state index contributed by atoms with van der Waals surface area (Å²) in [6.45, 7) is 0. The van der Waals surface area contributed by atoms with E-state index in [1.807, 2.05) is 36.4 Å². The van der Waals surface area contributed by atoms with Crippen molar-refractivity contribution in [1.29, 1.82) is 0 Å². The molecule has 2 bridgehead atoms. The molecule has 0 spiro atoms. The highest BCUT2D eigenvalue weighted by Crippen LogP contribution is 2.55. The van der Waals surface area contributed by atoms with Gasteiger partial charge in [-0.2, -0.15) is 0 Å². The second-order valence-corrected chi connectivity index (χ2v) is 8.18. The number of fused-ring (bicyclic) bond motifs is 5. The van der Waals surface area contributed by atoms with Crippen molar-refractivity contribution in [2.24, 2.45) is 11.8 Å². The maximum absolute atomic E-state index is 12.3. The van der Waals surface area contributed by atoms with Crippen LogP contribution in [0.5, 0.6) is 0 Å². The lowest BCUT2D eigenvalue weighted by molar-refractivity contribution is -0.137. The smallest absolute Gasteiger partial charge is 0.303 e. The molecule has 3 saturated heterocycles. The van der Waals surface area contributed by atoms with Crippen LogP contribution in [0.2, 0.25) is 0 Å². The van der Waals surface area contributed by atoms with E-state index in [2.05, 4.69) is 12.2 Å². The number of carboxylic acid groups (broad SMARTS) is 1. The lowest BCUT2D eigenvalue weighted by Gasteiger charge is -2.22. The van der Waals surface area contributed by atoms with Gasteiger partial charge in [-0.1, -0.05) is 48.6 Å². The number of hydrogen-bond donors (Lipinski definition) is 1. The van der Waals surface area contributed by atoms with Crippen LogP contribution in [0, 0.1) is 11.8 Å². The van der Waals surface area contributed by atoms with Crippen molar-refractivity contribution < 1.29 is 24.2 Å². The number of hydrogen-bond acceptors (Lipinski definition) is 4. The quantitative estimate of drug-likeness (QED) is 0.267. The maximum atomic E-state index is 12.3. The molecule has 0 amide bonds. The predicted octanol–water partition coefficient (Wildman–Crippen LogP) is 3.73. The maximum Gasteiger partial charge on any atom is 0.303 e. The number of epoxide rings is 1. The standard InChI is InChI=1S/C24H28O5/c25-17(13-12-16-8-4-3-5-9-16)14-15-19-18(10-6-1-2-7-11-20(26)27)21-23-24(29-23)22(19)28-21/h1,3-6,8-9,14-15,18-19,21-24H,2,7,10-13H2,(H,26,27)/t18-,19+,21+,22-,23-,24+/m0/s1. The fraction of sp³-hybridized carbons (Fsp3) is 0.500. The number of aryl methyl sites for hydroxylation is 1. The summed E-state index contributed by atoms with van der Waals surface area (Å²) in [6.07, 6.45) is 12.3. The Morgan fingerprint density at radius 3 is 2.52 bits per heavy atom. The van der Waals surface area contributed by atoms with Crippen LogP contribution in [-0.2, 0) is 25.5 Å². The van der Waals surface area contributed by atoms with Crippen LogP contribution in [0.4, 0.5) is 0 Å². The Balaban J connectivity index is 1.29. The monoisotopic (exact) mass is 396 g/mol. The van der Waals surface area contributed by atoms with Crippen molar-refractivity contribution in [1.82, 2.24) is 0 Å². The largest absolute Gasteiger partial charge is 0.481 e. The molecule has 1 aromatic rings. The number of ketones is 1. The Morgan fingerprint density at radius 2 is 1.72 bits per heavy atom. The van der Waals surface area contributed by atoms with Gasteiger partial charge >= 0.3 is 5.97 Å². The van der Waals surface area contributed by atoms with Gasteiger partial charge in [0.15, 0.2) is 5.78 Å². The number of carboxylic acids is 1. The molecule has 5 nitrogen and oxygen atoms in total. The summed E-state index contributed by atoms with van der Waals surface area (Å²) in [5.41, 5.74) is 1.18. The molecule has 0 aromatic heterocycles. The topological polar surface area (TPSA) is 76.1 Å². The first-order valence-electron chi connectivity index (χ1n) is 10.6. The second-order valence-electron chi connectivity index (χ2n) is 8.18. The van der Waals surface area contributed by atoms with Gasteiger partial charge in [0.1, 0.15) is 12.2 Å². The minimum Gasteiger partial charge on any atom is -0.481 e. The SMILES string of the molecule is O=C(O)CCCC=CC[C@H]1[C@@H](C=CC(=O)CCc2ccccc2)[C@@H]2O[C@H]1[C@@H]1O[C@@H]12. The lowest BCUT2D eigenvalue weighted by Crippen LogP contribution is -2.31. The molecule has 0 aliphatic carbocycles. The van der Waals surface area contributed by atoms with Crippen molar-refractivity contribution in [3.05, 3.63) is 60.2 Å². The molecule has 6 atom stereocenters. The Kier molecular flexibility index (Phi) is 6.26. The van der Waals surface area contributed by atoms with E-state index in [1.165, 1.54) is 5.56 Å². The Morgan fingerprint density at radius 1 is 0.966 bits per heavy atom. The van der Waals surface area contributed by atoms with E-state index in [0.717, 1.165) is 19.3 Å². The number of benzene rings is 1. The third-order valence-corrected chi connectivity index (χ3v) is 6.16. The molecule has 29 heavy (non-hydrogen) atoms. The molecule has 1 N–H and O–H groups in total. The van der Waals surface area contributed by atoms with E-state index in [1.54, 1.807) is 6.08 Å². The zero-order valence-corrected chi connectivity index (χ0v) is 16.5. The molecule has 5 heteroatoms. The van der Waals surface area contributed by atoms with Gasteiger partial charge in [0, 0.05) is 24.7 Å². The average molecular weight is 396 g/mol. The van der Waals surface area contributed by atoms with E-state index in [4.69, 9.17) is 14.6 Å². The van der Waals surface area contributed by atoms with E-state index < -0.39 is 5.97 Å². The molecular weight excluding hydrogens is 368 g/mol. The van der Waals surface area contributed by atoms with Gasteiger partial charge in [-0.3, -0.25) is 9.59 Å². The summed E-state index contributed by atoms with van der Waals surface area (Å²) in [7, 11) is 0. The summed E-state index contributed by atoms with van der Waals surface area (Å²) in [6, 6.07) is 10.1. The van der Waals surface area contributed by atoms with Gasteiger partial charge in [0.05, 0.1) is 12.2 Å². The molecule has 3 fully saturated rings. The number of rotatable bonds is 11. The molecule has 0 unspecified atom stereocenters. The third-order valence-electron chi connectivity index (χ3n) is 6.16. The summed E-state index contributed by atoms with van der Waals surface area (Å²) in [5, 5.41) is 8.70. The zero-order chi connectivity index (χ0) is 20.2. The second kappa shape index (κ2) is 9.06. The molecular formula is C24H28O5. The normalized spacial score (nSPS) is 32.1. The van der Waals surface area contributed by atoms with Crippen molar-refractivity contribution in [3.8, 4) is 0 Å². The summed E-state index contributed by atoms with van der Waals surface area (Å²) < 4.78 is 11.9. The van der Waals surface area contributed by atoms with Crippen molar-refractivity contribution in [2.75, 3.05) is 0 Å². The fourth-order valence-electron chi connectivity index (χ4n) is 4.62. The number of ether oxygens (including phenoxy) is 2. The Bertz CT molecular complexity index is 784. The highest BCUT2D eigenvalue weighted by Gasteiger charge is 2.68. The first kappa shape index (κ1) is 20.0. The van der Waals surface area contributed by atoms with Gasteiger partial charge in [-0.05, 0) is 37.3 Å². The number of allylic oxidation sites excluding steroid dienone is 3. The van der Waals surface area contributed by atoms with E-state index >= 15 is 0 Å². The highest BCUT2D eigenvalue weighted by atomic mass is 16.7. The van der Waals surface area contributed by atoms with Crippen molar-refractivity contribution >= 4 is 11.8 Å². The van der Waals surface area contributed by atoms with Crippen LogP contribution in [0.25, 0.3) is 0 Å². The molecule has 3 aliphatic heterocycles. The molecule has 0 radical (unpaired) electrons. The molecule has 3 heterocycles. The van der Waals surface area contributed by atoms with Gasteiger partial charge in [0.2, 0.25) is 0 Å². The zero-order valence-electron chi connectivity index (χ0n) is 16.5. The van der Waals surface area contributed by atoms with Crippen LogP contribution in [-0.4, -0.2) is 41.3 Å². The van der Waals surface area contributed by atoms with Crippen LogP contribution in [0.15, 0.2) is 54.6 Å². The first-order chi connectivity index (χ1) is 14.1. The number of unbranched alkanes of at least 4 members (excludes halogenated alkanes) is 1. The van der Waals surface area contributed by atoms with Crippen LogP contribution >= 0.6 is 0 Å². The first-order valence-corrected chi connectivity index (χ1v) is 10.6. The van der Waals surface area contributed by atoms with Gasteiger partial charge in [-0.15, -0.1) is 0 Å². The lowest BCUT2D eigenvalue weighted by atomic mass is 9.77. The minimum atomic E-state index is -0.751. The van der Waals surface area contributed by atoms with Crippen molar-refractivity contribution in [2.45, 2.75) is 62.9 Å². The molecule has 154 valence electrons. The Hall–Kier alpha value is -2.24. The van der Waals surface area contributed by atoms with Gasteiger partial charge < -0.3 is 14.6 Å². The third kappa shape index (κ3) is 4.85. The molecule has 3 aliphatic rings. The fourth-order valence-corrected chi connectivity index (χ4v) is 4.62. The summed E-state index contributed by atoms with van der Waals surface area (Å²) >= 11 is 0. The molecule has 1 aromatic carbocycles. The average Bonchev–Trinajstić information content (AvgIpc) is 3.35. The van der Waals surface area contributed by atoms with Crippen LogP contribution < -0.4 is 0 Å². The Labute approximate surface area is 171 Å². The van der Waals surface area contributed by atoms with Crippen LogP contribution in [0.1, 0.15) is 37.7 Å². The minimum absolute atomic E-state index is 0.0635. The molecule has 0 saturated carbocycles. The van der Waals surface area contributed by atoms with E-state index in [0.29, 0.717) is 18.8 Å². The summed E-state index contributed by atoms with van der Waals surface area (Å²) in [4.78, 5) is 22.9. The van der Waals surface area contributed by atoms with E-state index in [-0.39, 0.29) is 42.5 Å². The van der Waals surface area contributed by atoms with Crippen molar-refractivity contribution in [3.63, 3.8) is 0 Å². The molecule has 4 rings (SSSR count). The highest BCUT2D eigenvalue weighted by molar-refractivity contribution is 5.89. The number of carbonyl (C=O) groups excluding carboxylic acids is 1.